The summed E-state index contributed by atoms with van der Waals surface area (Å²) in [5, 5.41) is 15.0. The van der Waals surface area contributed by atoms with Gasteiger partial charge >= 0.3 is 0 Å². The number of rotatable bonds is 5. The first-order valence-electron chi connectivity index (χ1n) is 8.89. The molecule has 0 bridgehead atoms. The summed E-state index contributed by atoms with van der Waals surface area (Å²) < 4.78 is 2.00. The van der Waals surface area contributed by atoms with E-state index in [1.165, 1.54) is 0 Å². The van der Waals surface area contributed by atoms with Gasteiger partial charge in [0.1, 0.15) is 5.75 Å². The number of aryl methyl sites for hydroxylation is 2. The Morgan fingerprint density at radius 2 is 1.73 bits per heavy atom. The van der Waals surface area contributed by atoms with E-state index in [1.807, 2.05) is 41.9 Å². The van der Waals surface area contributed by atoms with E-state index in [0.717, 1.165) is 47.6 Å². The SMILES string of the molecule is CCNN.CCc1nn(CC)c(-c2ccncc2)c1-c1ccccc1O. The minimum absolute atomic E-state index is 0.281. The Kier molecular flexibility index (Phi) is 7.32. The second-order valence-electron chi connectivity index (χ2n) is 5.65. The topological polar surface area (TPSA) is 89.0 Å². The van der Waals surface area contributed by atoms with E-state index in [0.29, 0.717) is 0 Å². The van der Waals surface area contributed by atoms with Crippen LogP contribution in [0.4, 0.5) is 0 Å². The number of phenolic OH excluding ortho intramolecular Hbond substituents is 1. The molecule has 26 heavy (non-hydrogen) atoms. The molecule has 4 N–H and O–H groups in total. The van der Waals surface area contributed by atoms with Crippen molar-refractivity contribution in [3.63, 3.8) is 0 Å². The van der Waals surface area contributed by atoms with Gasteiger partial charge in [0.25, 0.3) is 0 Å². The maximum atomic E-state index is 10.3. The molecule has 0 radical (unpaired) electrons. The lowest BCUT2D eigenvalue weighted by Gasteiger charge is -2.10. The normalized spacial score (nSPS) is 10.3. The van der Waals surface area contributed by atoms with Crippen LogP contribution in [-0.2, 0) is 13.0 Å². The number of hydrogen-bond donors (Lipinski definition) is 3. The standard InChI is InChI=1S/C18H19N3O.C2H8N2/c1-3-15-17(14-7-5-6-8-16(14)22)18(21(4-2)20-15)13-9-11-19-12-10-13;1-2-4-3/h5-12,22H,3-4H2,1-2H3;4H,2-3H2,1H3. The van der Waals surface area contributed by atoms with E-state index in [1.54, 1.807) is 18.5 Å². The van der Waals surface area contributed by atoms with E-state index in [-0.39, 0.29) is 5.75 Å². The largest absolute Gasteiger partial charge is 0.507 e. The minimum atomic E-state index is 0.281. The van der Waals surface area contributed by atoms with E-state index >= 15 is 0 Å². The summed E-state index contributed by atoms with van der Waals surface area (Å²) in [6.07, 6.45) is 4.37. The van der Waals surface area contributed by atoms with Gasteiger partial charge in [-0.3, -0.25) is 20.9 Å². The number of aromatic hydroxyl groups is 1. The Hall–Kier alpha value is -2.70. The number of hydrazine groups is 1. The first-order chi connectivity index (χ1) is 12.7. The summed E-state index contributed by atoms with van der Waals surface area (Å²) in [5.74, 6) is 5.06. The summed E-state index contributed by atoms with van der Waals surface area (Å²) in [5.41, 5.74) is 7.35. The number of nitrogens with two attached hydrogens (primary N) is 1. The Morgan fingerprint density at radius 3 is 2.27 bits per heavy atom. The zero-order valence-electron chi connectivity index (χ0n) is 15.6. The molecular weight excluding hydrogens is 326 g/mol. The monoisotopic (exact) mass is 353 g/mol. The van der Waals surface area contributed by atoms with Crippen molar-refractivity contribution in [2.24, 2.45) is 5.84 Å². The fourth-order valence-corrected chi connectivity index (χ4v) is 2.76. The highest BCUT2D eigenvalue weighted by Crippen LogP contribution is 2.39. The Labute approximate surface area is 154 Å². The highest BCUT2D eigenvalue weighted by atomic mass is 16.3. The molecule has 0 unspecified atom stereocenters. The van der Waals surface area contributed by atoms with Gasteiger partial charge in [0.2, 0.25) is 0 Å². The van der Waals surface area contributed by atoms with Crippen molar-refractivity contribution in [2.75, 3.05) is 6.54 Å². The van der Waals surface area contributed by atoms with E-state index in [9.17, 15) is 5.11 Å². The Morgan fingerprint density at radius 1 is 1.08 bits per heavy atom. The Balaban J connectivity index is 0.000000552. The van der Waals surface area contributed by atoms with Gasteiger partial charge in [-0.1, -0.05) is 32.0 Å². The average Bonchev–Trinajstić information content (AvgIpc) is 3.07. The van der Waals surface area contributed by atoms with Crippen LogP contribution in [-0.4, -0.2) is 26.4 Å². The molecule has 6 nitrogen and oxygen atoms in total. The van der Waals surface area contributed by atoms with Crippen LogP contribution < -0.4 is 11.3 Å². The molecule has 6 heteroatoms. The van der Waals surface area contributed by atoms with Gasteiger partial charge < -0.3 is 5.11 Å². The third kappa shape index (κ3) is 4.28. The number of para-hydroxylation sites is 1. The molecule has 138 valence electrons. The van der Waals surface area contributed by atoms with Crippen LogP contribution in [0.5, 0.6) is 5.75 Å². The van der Waals surface area contributed by atoms with Crippen molar-refractivity contribution in [2.45, 2.75) is 33.7 Å². The third-order valence-corrected chi connectivity index (χ3v) is 3.99. The molecule has 0 aliphatic rings. The Bertz CT molecular complexity index is 812. The van der Waals surface area contributed by atoms with Gasteiger partial charge in [-0.15, -0.1) is 0 Å². The first-order valence-corrected chi connectivity index (χ1v) is 8.89. The zero-order chi connectivity index (χ0) is 18.9. The molecule has 0 amide bonds. The first kappa shape index (κ1) is 19.6. The number of pyridine rings is 1. The average molecular weight is 353 g/mol. The van der Waals surface area contributed by atoms with Crippen molar-refractivity contribution in [1.82, 2.24) is 20.2 Å². The molecule has 0 aliphatic carbocycles. The fourth-order valence-electron chi connectivity index (χ4n) is 2.76. The number of nitrogens with one attached hydrogen (secondary N) is 1. The van der Waals surface area contributed by atoms with Crippen LogP contribution >= 0.6 is 0 Å². The van der Waals surface area contributed by atoms with Gasteiger partial charge in [0.05, 0.1) is 11.4 Å². The second kappa shape index (κ2) is 9.70. The van der Waals surface area contributed by atoms with E-state index in [2.05, 4.69) is 24.3 Å². The van der Waals surface area contributed by atoms with Gasteiger partial charge in [-0.25, -0.2) is 0 Å². The zero-order valence-corrected chi connectivity index (χ0v) is 15.6. The van der Waals surface area contributed by atoms with Crippen LogP contribution in [0.1, 0.15) is 26.5 Å². The highest BCUT2D eigenvalue weighted by Gasteiger charge is 2.21. The molecule has 0 spiro atoms. The predicted octanol–water partition coefficient (Wildman–Crippen LogP) is 3.37. The summed E-state index contributed by atoms with van der Waals surface area (Å²) in [6, 6.07) is 11.4. The van der Waals surface area contributed by atoms with Crippen LogP contribution in [0.3, 0.4) is 0 Å². The molecule has 0 fully saturated rings. The predicted molar refractivity (Wildman–Crippen MR) is 105 cm³/mol. The van der Waals surface area contributed by atoms with Crippen molar-refractivity contribution in [1.29, 1.82) is 0 Å². The lowest BCUT2D eigenvalue weighted by atomic mass is 9.97. The number of phenols is 1. The molecule has 3 rings (SSSR count). The number of nitrogens with zero attached hydrogens (tertiary/aromatic N) is 3. The van der Waals surface area contributed by atoms with Crippen molar-refractivity contribution < 1.29 is 5.11 Å². The van der Waals surface area contributed by atoms with Crippen molar-refractivity contribution >= 4 is 0 Å². The van der Waals surface area contributed by atoms with Gasteiger partial charge in [0.15, 0.2) is 0 Å². The minimum Gasteiger partial charge on any atom is -0.507 e. The molecule has 0 atom stereocenters. The lowest BCUT2D eigenvalue weighted by molar-refractivity contribution is 0.477. The van der Waals surface area contributed by atoms with Gasteiger partial charge in [-0.05, 0) is 31.5 Å². The molecule has 3 aromatic rings. The number of benzene rings is 1. The lowest BCUT2D eigenvalue weighted by Crippen LogP contribution is -2.20. The van der Waals surface area contributed by atoms with Crippen molar-refractivity contribution in [3.8, 4) is 28.1 Å². The van der Waals surface area contributed by atoms with E-state index in [4.69, 9.17) is 10.9 Å². The van der Waals surface area contributed by atoms with Crippen LogP contribution in [0, 0.1) is 0 Å². The summed E-state index contributed by atoms with van der Waals surface area (Å²) in [7, 11) is 0. The maximum absolute atomic E-state index is 10.3. The number of aromatic nitrogens is 3. The molecule has 0 saturated carbocycles. The second-order valence-corrected chi connectivity index (χ2v) is 5.65. The van der Waals surface area contributed by atoms with Crippen LogP contribution in [0.15, 0.2) is 48.8 Å². The highest BCUT2D eigenvalue weighted by molar-refractivity contribution is 5.85. The van der Waals surface area contributed by atoms with E-state index < -0.39 is 0 Å². The summed E-state index contributed by atoms with van der Waals surface area (Å²) in [6.45, 7) is 7.73. The van der Waals surface area contributed by atoms with Crippen LogP contribution in [0.25, 0.3) is 22.4 Å². The molecule has 1 aromatic carbocycles. The molecule has 2 aromatic heterocycles. The number of hydrogen-bond acceptors (Lipinski definition) is 5. The molecule has 2 heterocycles. The third-order valence-electron chi connectivity index (χ3n) is 3.99. The van der Waals surface area contributed by atoms with Gasteiger partial charge in [-0.2, -0.15) is 5.10 Å². The molecule has 0 saturated heterocycles. The fraction of sp³-hybridized carbons (Fsp3) is 0.300. The summed E-state index contributed by atoms with van der Waals surface area (Å²) in [4.78, 5) is 4.09. The quantitative estimate of drug-likeness (QED) is 0.483. The van der Waals surface area contributed by atoms with Gasteiger partial charge in [0, 0.05) is 42.2 Å². The molecule has 0 aliphatic heterocycles. The smallest absolute Gasteiger partial charge is 0.123 e. The summed E-state index contributed by atoms with van der Waals surface area (Å²) >= 11 is 0. The van der Waals surface area contributed by atoms with Crippen molar-refractivity contribution in [3.05, 3.63) is 54.5 Å². The maximum Gasteiger partial charge on any atom is 0.123 e. The molecular formula is C20H27N5O. The van der Waals surface area contributed by atoms with Crippen LogP contribution in [0.2, 0.25) is 0 Å².